The molecule has 0 aromatic carbocycles. The second-order valence-electron chi connectivity index (χ2n) is 5.10. The molecular formula is C11H16N5O7P. The lowest BCUT2D eigenvalue weighted by atomic mass is 10.1. The largest absolute Gasteiger partial charge is 0.470 e. The lowest BCUT2D eigenvalue weighted by Gasteiger charge is -2.22. The number of nitrogens with one attached hydrogen (secondary N) is 1. The summed E-state index contributed by atoms with van der Waals surface area (Å²) in [7, 11) is -3.25. The molecule has 2 aromatic rings. The van der Waals surface area contributed by atoms with Gasteiger partial charge in [0.2, 0.25) is 0 Å². The van der Waals surface area contributed by atoms with Gasteiger partial charge < -0.3 is 30.1 Å². The van der Waals surface area contributed by atoms with Crippen molar-refractivity contribution in [2.75, 3.05) is 19.0 Å². The van der Waals surface area contributed by atoms with E-state index in [0.29, 0.717) is 17.0 Å². The zero-order chi connectivity index (χ0) is 17.5. The standard InChI is InChI=1S/C11H16N5O7P/c1-12-9-6-10(14-3-13-9)16(4-15-6)11-8(23-24(19,20)21)7(18)5(2-17)22-11/h3-5,7-8,11,17-18H,2H2,1H3,(H,12,13,14)(H2,19,20,21)/t5-,7-,8-,11-/m1/s1. The molecule has 12 nitrogen and oxygen atoms in total. The van der Waals surface area contributed by atoms with Crippen molar-refractivity contribution in [1.29, 1.82) is 0 Å². The summed E-state index contributed by atoms with van der Waals surface area (Å²) < 4.78 is 22.7. The number of nitrogens with zero attached hydrogens (tertiary/aromatic N) is 4. The molecular weight excluding hydrogens is 345 g/mol. The van der Waals surface area contributed by atoms with Crippen LogP contribution in [0.15, 0.2) is 12.7 Å². The van der Waals surface area contributed by atoms with E-state index in [9.17, 15) is 14.8 Å². The monoisotopic (exact) mass is 361 g/mol. The Labute approximate surface area is 135 Å². The molecule has 3 rings (SSSR count). The highest BCUT2D eigenvalue weighted by atomic mass is 31.2. The predicted octanol–water partition coefficient (Wildman–Crippen LogP) is -1.40. The number of phosphoric ester groups is 1. The molecule has 1 fully saturated rings. The van der Waals surface area contributed by atoms with Gasteiger partial charge in [-0.2, -0.15) is 0 Å². The Balaban J connectivity index is 2.04. The highest BCUT2D eigenvalue weighted by Crippen LogP contribution is 2.45. The van der Waals surface area contributed by atoms with Crippen LogP contribution in [0.5, 0.6) is 0 Å². The van der Waals surface area contributed by atoms with Crippen molar-refractivity contribution in [3.8, 4) is 0 Å². The van der Waals surface area contributed by atoms with Crippen LogP contribution in [0.3, 0.4) is 0 Å². The number of aliphatic hydroxyl groups is 2. The first kappa shape index (κ1) is 17.2. The molecule has 0 aliphatic carbocycles. The summed E-state index contributed by atoms with van der Waals surface area (Å²) in [6, 6.07) is 0. The maximum Gasteiger partial charge on any atom is 0.470 e. The van der Waals surface area contributed by atoms with Crippen LogP contribution in [0.25, 0.3) is 11.2 Å². The van der Waals surface area contributed by atoms with Gasteiger partial charge in [0.15, 0.2) is 17.7 Å². The summed E-state index contributed by atoms with van der Waals surface area (Å²) >= 11 is 0. The lowest BCUT2D eigenvalue weighted by molar-refractivity contribution is -0.0505. The zero-order valence-electron chi connectivity index (χ0n) is 12.4. The van der Waals surface area contributed by atoms with Crippen LogP contribution in [-0.4, -0.2) is 71.5 Å². The van der Waals surface area contributed by atoms with Gasteiger partial charge in [-0.05, 0) is 0 Å². The lowest BCUT2D eigenvalue weighted by Crippen LogP contribution is -2.34. The van der Waals surface area contributed by atoms with Gasteiger partial charge in [-0.1, -0.05) is 0 Å². The molecule has 1 saturated heterocycles. The van der Waals surface area contributed by atoms with Gasteiger partial charge in [-0.3, -0.25) is 9.09 Å². The molecule has 0 unspecified atom stereocenters. The predicted molar refractivity (Wildman–Crippen MR) is 78.8 cm³/mol. The maximum atomic E-state index is 11.2. The zero-order valence-corrected chi connectivity index (χ0v) is 13.3. The van der Waals surface area contributed by atoms with E-state index >= 15 is 0 Å². The normalized spacial score (nSPS) is 27.7. The third kappa shape index (κ3) is 3.00. The summed E-state index contributed by atoms with van der Waals surface area (Å²) in [6.45, 7) is -0.554. The number of imidazole rings is 1. The molecule has 0 saturated carbocycles. The molecule has 0 spiro atoms. The van der Waals surface area contributed by atoms with Crippen molar-refractivity contribution < 1.29 is 33.8 Å². The fraction of sp³-hybridized carbons (Fsp3) is 0.545. The van der Waals surface area contributed by atoms with E-state index in [-0.39, 0.29) is 0 Å². The summed E-state index contributed by atoms with van der Waals surface area (Å²) in [4.78, 5) is 30.4. The summed E-state index contributed by atoms with van der Waals surface area (Å²) in [5.74, 6) is 0.448. The number of rotatable bonds is 5. The van der Waals surface area contributed by atoms with Crippen molar-refractivity contribution in [1.82, 2.24) is 19.5 Å². The minimum atomic E-state index is -4.90. The Morgan fingerprint density at radius 1 is 1.42 bits per heavy atom. The molecule has 13 heteroatoms. The van der Waals surface area contributed by atoms with Crippen LogP contribution in [0, 0.1) is 0 Å². The van der Waals surface area contributed by atoms with Crippen molar-refractivity contribution in [2.45, 2.75) is 24.5 Å². The number of hydrogen-bond donors (Lipinski definition) is 5. The third-order valence-corrected chi connectivity index (χ3v) is 4.14. The smallest absolute Gasteiger partial charge is 0.394 e. The van der Waals surface area contributed by atoms with Crippen molar-refractivity contribution in [3.63, 3.8) is 0 Å². The van der Waals surface area contributed by atoms with E-state index in [1.165, 1.54) is 17.2 Å². The SMILES string of the molecule is CNc1ncnc2c1ncn2[C@@H]1O[C@H](CO)[C@@H](O)[C@H]1OP(=O)(O)O. The summed E-state index contributed by atoms with van der Waals surface area (Å²) in [5, 5.41) is 22.2. The van der Waals surface area contributed by atoms with Crippen molar-refractivity contribution >= 4 is 24.8 Å². The first-order valence-corrected chi connectivity index (χ1v) is 8.42. The second-order valence-corrected chi connectivity index (χ2v) is 6.29. The van der Waals surface area contributed by atoms with Gasteiger partial charge in [-0.25, -0.2) is 19.5 Å². The van der Waals surface area contributed by atoms with E-state index in [0.717, 1.165) is 0 Å². The van der Waals surface area contributed by atoms with Crippen LogP contribution in [-0.2, 0) is 13.8 Å². The van der Waals surface area contributed by atoms with Gasteiger partial charge in [0.05, 0.1) is 12.9 Å². The first-order chi connectivity index (χ1) is 11.4. The molecule has 4 atom stereocenters. The molecule has 5 N–H and O–H groups in total. The average Bonchev–Trinajstić information content (AvgIpc) is 3.08. The van der Waals surface area contributed by atoms with E-state index in [2.05, 4.69) is 24.8 Å². The molecule has 1 aliphatic rings. The first-order valence-electron chi connectivity index (χ1n) is 6.89. The van der Waals surface area contributed by atoms with E-state index in [1.54, 1.807) is 7.05 Å². The number of phosphoric acid groups is 1. The molecule has 3 heterocycles. The highest BCUT2D eigenvalue weighted by molar-refractivity contribution is 7.46. The second kappa shape index (κ2) is 6.33. The third-order valence-electron chi connectivity index (χ3n) is 3.62. The molecule has 0 radical (unpaired) electrons. The average molecular weight is 361 g/mol. The van der Waals surface area contributed by atoms with Gasteiger partial charge in [0.1, 0.15) is 30.2 Å². The minimum absolute atomic E-state index is 0.310. The summed E-state index contributed by atoms with van der Waals surface area (Å²) in [6.07, 6.45) is -2.49. The van der Waals surface area contributed by atoms with Crippen LogP contribution >= 0.6 is 7.82 Å². The Bertz CT molecular complexity index is 779. The number of fused-ring (bicyclic) bond motifs is 1. The fourth-order valence-corrected chi connectivity index (χ4v) is 3.13. The van der Waals surface area contributed by atoms with Crippen molar-refractivity contribution in [2.24, 2.45) is 0 Å². The Kier molecular flexibility index (Phi) is 4.53. The molecule has 0 amide bonds. The Morgan fingerprint density at radius 3 is 2.79 bits per heavy atom. The fourth-order valence-electron chi connectivity index (χ4n) is 2.59. The maximum absolute atomic E-state index is 11.2. The number of aromatic nitrogens is 4. The van der Waals surface area contributed by atoms with E-state index in [4.69, 9.17) is 14.5 Å². The van der Waals surface area contributed by atoms with E-state index in [1.807, 2.05) is 0 Å². The molecule has 2 aromatic heterocycles. The van der Waals surface area contributed by atoms with Gasteiger partial charge in [0, 0.05) is 7.05 Å². The molecule has 132 valence electrons. The molecule has 1 aliphatic heterocycles. The Morgan fingerprint density at radius 2 is 2.17 bits per heavy atom. The minimum Gasteiger partial charge on any atom is -0.394 e. The van der Waals surface area contributed by atoms with Crippen LogP contribution in [0.4, 0.5) is 5.82 Å². The van der Waals surface area contributed by atoms with Crippen LogP contribution < -0.4 is 5.32 Å². The van der Waals surface area contributed by atoms with Gasteiger partial charge in [-0.15, -0.1) is 0 Å². The molecule has 0 bridgehead atoms. The van der Waals surface area contributed by atoms with Gasteiger partial charge >= 0.3 is 7.82 Å². The van der Waals surface area contributed by atoms with Crippen LogP contribution in [0.1, 0.15) is 6.23 Å². The Hall–Kier alpha value is -1.66. The molecule has 24 heavy (non-hydrogen) atoms. The number of ether oxygens (including phenoxy) is 1. The summed E-state index contributed by atoms with van der Waals surface area (Å²) in [5.41, 5.74) is 0.713. The number of anilines is 1. The highest BCUT2D eigenvalue weighted by Gasteiger charge is 2.48. The van der Waals surface area contributed by atoms with Crippen molar-refractivity contribution in [3.05, 3.63) is 12.7 Å². The quantitative estimate of drug-likeness (QED) is 0.396. The topological polar surface area (TPSA) is 172 Å². The number of hydrogen-bond acceptors (Lipinski definition) is 9. The van der Waals surface area contributed by atoms with E-state index < -0.39 is 39.0 Å². The van der Waals surface area contributed by atoms with Gasteiger partial charge in [0.25, 0.3) is 0 Å². The number of aliphatic hydroxyl groups excluding tert-OH is 2. The van der Waals surface area contributed by atoms with Crippen LogP contribution in [0.2, 0.25) is 0 Å².